The zero-order valence-corrected chi connectivity index (χ0v) is 8.23. The minimum absolute atomic E-state index is 0.0289. The van der Waals surface area contributed by atoms with Crippen molar-refractivity contribution in [3.8, 4) is 0 Å². The van der Waals surface area contributed by atoms with Gasteiger partial charge >= 0.3 is 0 Å². The molecule has 1 rings (SSSR count). The number of hydrogen-bond donors (Lipinski definition) is 1. The SMILES string of the molecule is CC(C)OC(CN)c1ccccc1. The Hall–Kier alpha value is -0.860. The lowest BCUT2D eigenvalue weighted by molar-refractivity contribution is 0.0120. The summed E-state index contributed by atoms with van der Waals surface area (Å²) in [7, 11) is 0. The molecule has 0 spiro atoms. The summed E-state index contributed by atoms with van der Waals surface area (Å²) in [6.45, 7) is 4.57. The Bertz CT molecular complexity index is 233. The molecule has 0 radical (unpaired) electrons. The molecule has 13 heavy (non-hydrogen) atoms. The van der Waals surface area contributed by atoms with Crippen LogP contribution in [0.3, 0.4) is 0 Å². The number of benzene rings is 1. The first kappa shape index (κ1) is 10.2. The van der Waals surface area contributed by atoms with Gasteiger partial charge in [0.1, 0.15) is 0 Å². The minimum Gasteiger partial charge on any atom is -0.370 e. The fraction of sp³-hybridized carbons (Fsp3) is 0.455. The third-order valence-electron chi connectivity index (χ3n) is 1.82. The van der Waals surface area contributed by atoms with Gasteiger partial charge in [-0.25, -0.2) is 0 Å². The highest BCUT2D eigenvalue weighted by molar-refractivity contribution is 5.17. The fourth-order valence-corrected chi connectivity index (χ4v) is 1.27. The van der Waals surface area contributed by atoms with Crippen molar-refractivity contribution in [1.82, 2.24) is 0 Å². The van der Waals surface area contributed by atoms with Crippen LogP contribution in [0.15, 0.2) is 30.3 Å². The van der Waals surface area contributed by atoms with Crippen LogP contribution in [0.2, 0.25) is 0 Å². The summed E-state index contributed by atoms with van der Waals surface area (Å²) in [4.78, 5) is 0. The number of nitrogens with two attached hydrogens (primary N) is 1. The van der Waals surface area contributed by atoms with Crippen molar-refractivity contribution in [3.63, 3.8) is 0 Å². The van der Waals surface area contributed by atoms with E-state index in [0.29, 0.717) is 6.54 Å². The second-order valence-corrected chi connectivity index (χ2v) is 3.32. The molecular formula is C11H17NO. The molecule has 0 aliphatic heterocycles. The molecule has 0 aromatic heterocycles. The third kappa shape index (κ3) is 3.17. The van der Waals surface area contributed by atoms with Crippen molar-refractivity contribution in [2.45, 2.75) is 26.1 Å². The summed E-state index contributed by atoms with van der Waals surface area (Å²) in [6.07, 6.45) is 0.245. The molecule has 2 N–H and O–H groups in total. The van der Waals surface area contributed by atoms with Crippen LogP contribution in [-0.4, -0.2) is 12.6 Å². The topological polar surface area (TPSA) is 35.2 Å². The average molecular weight is 179 g/mol. The number of hydrogen-bond acceptors (Lipinski definition) is 2. The van der Waals surface area contributed by atoms with E-state index in [0.717, 1.165) is 5.56 Å². The molecule has 0 heterocycles. The average Bonchev–Trinajstić information content (AvgIpc) is 2.15. The zero-order valence-electron chi connectivity index (χ0n) is 8.23. The molecule has 0 saturated heterocycles. The highest BCUT2D eigenvalue weighted by Crippen LogP contribution is 2.17. The van der Waals surface area contributed by atoms with Gasteiger partial charge in [-0.05, 0) is 19.4 Å². The molecule has 0 amide bonds. The zero-order chi connectivity index (χ0) is 9.68. The second kappa shape index (κ2) is 5.00. The standard InChI is InChI=1S/C11H17NO/c1-9(2)13-11(8-12)10-6-4-3-5-7-10/h3-7,9,11H,8,12H2,1-2H3. The second-order valence-electron chi connectivity index (χ2n) is 3.32. The van der Waals surface area contributed by atoms with Crippen LogP contribution in [-0.2, 0) is 4.74 Å². The van der Waals surface area contributed by atoms with Gasteiger partial charge in [-0.1, -0.05) is 30.3 Å². The van der Waals surface area contributed by atoms with Crippen molar-refractivity contribution in [2.75, 3.05) is 6.54 Å². The molecule has 1 unspecified atom stereocenters. The van der Waals surface area contributed by atoms with Crippen LogP contribution in [0.25, 0.3) is 0 Å². The highest BCUT2D eigenvalue weighted by atomic mass is 16.5. The normalized spacial score (nSPS) is 13.2. The molecule has 0 fully saturated rings. The van der Waals surface area contributed by atoms with E-state index in [1.165, 1.54) is 0 Å². The van der Waals surface area contributed by atoms with Gasteiger partial charge in [0.25, 0.3) is 0 Å². The van der Waals surface area contributed by atoms with Crippen LogP contribution in [0.1, 0.15) is 25.5 Å². The quantitative estimate of drug-likeness (QED) is 0.768. The van der Waals surface area contributed by atoms with E-state index >= 15 is 0 Å². The monoisotopic (exact) mass is 179 g/mol. The van der Waals surface area contributed by atoms with Crippen LogP contribution < -0.4 is 5.73 Å². The maximum absolute atomic E-state index is 5.66. The highest BCUT2D eigenvalue weighted by Gasteiger charge is 2.10. The van der Waals surface area contributed by atoms with Gasteiger partial charge in [-0.3, -0.25) is 0 Å². The smallest absolute Gasteiger partial charge is 0.0950 e. The van der Waals surface area contributed by atoms with Crippen LogP contribution in [0.5, 0.6) is 0 Å². The van der Waals surface area contributed by atoms with E-state index in [1.807, 2.05) is 44.2 Å². The summed E-state index contributed by atoms with van der Waals surface area (Å²) in [5, 5.41) is 0. The minimum atomic E-state index is 0.0289. The van der Waals surface area contributed by atoms with Gasteiger partial charge in [0.2, 0.25) is 0 Å². The van der Waals surface area contributed by atoms with Gasteiger partial charge in [0, 0.05) is 6.54 Å². The fourth-order valence-electron chi connectivity index (χ4n) is 1.27. The Kier molecular flexibility index (Phi) is 3.93. The largest absolute Gasteiger partial charge is 0.370 e. The molecule has 0 bridgehead atoms. The Labute approximate surface area is 79.7 Å². The number of ether oxygens (including phenoxy) is 1. The Morgan fingerprint density at radius 3 is 2.31 bits per heavy atom. The molecule has 1 atom stereocenters. The van der Waals surface area contributed by atoms with Gasteiger partial charge < -0.3 is 10.5 Å². The van der Waals surface area contributed by atoms with E-state index in [1.54, 1.807) is 0 Å². The summed E-state index contributed by atoms with van der Waals surface area (Å²) in [6, 6.07) is 10.1. The Balaban J connectivity index is 2.67. The lowest BCUT2D eigenvalue weighted by Gasteiger charge is -2.18. The molecular weight excluding hydrogens is 162 g/mol. The van der Waals surface area contributed by atoms with E-state index in [4.69, 9.17) is 10.5 Å². The van der Waals surface area contributed by atoms with Crippen molar-refractivity contribution >= 4 is 0 Å². The lowest BCUT2D eigenvalue weighted by Crippen LogP contribution is -2.19. The van der Waals surface area contributed by atoms with Crippen molar-refractivity contribution in [3.05, 3.63) is 35.9 Å². The molecule has 0 aliphatic carbocycles. The van der Waals surface area contributed by atoms with Gasteiger partial charge in [-0.2, -0.15) is 0 Å². The maximum Gasteiger partial charge on any atom is 0.0950 e. The van der Waals surface area contributed by atoms with Crippen LogP contribution >= 0.6 is 0 Å². The summed E-state index contributed by atoms with van der Waals surface area (Å²) in [5.74, 6) is 0. The summed E-state index contributed by atoms with van der Waals surface area (Å²) < 4.78 is 5.66. The van der Waals surface area contributed by atoms with Gasteiger partial charge in [0.15, 0.2) is 0 Å². The Morgan fingerprint density at radius 1 is 1.23 bits per heavy atom. The number of rotatable bonds is 4. The molecule has 2 nitrogen and oxygen atoms in total. The van der Waals surface area contributed by atoms with E-state index in [9.17, 15) is 0 Å². The maximum atomic E-state index is 5.66. The molecule has 72 valence electrons. The predicted octanol–water partition coefficient (Wildman–Crippen LogP) is 2.11. The van der Waals surface area contributed by atoms with Crippen molar-refractivity contribution < 1.29 is 4.74 Å². The van der Waals surface area contributed by atoms with E-state index in [-0.39, 0.29) is 12.2 Å². The first-order valence-electron chi connectivity index (χ1n) is 4.64. The summed E-state index contributed by atoms with van der Waals surface area (Å²) >= 11 is 0. The molecule has 2 heteroatoms. The molecule has 1 aromatic carbocycles. The van der Waals surface area contributed by atoms with E-state index < -0.39 is 0 Å². The lowest BCUT2D eigenvalue weighted by atomic mass is 10.1. The van der Waals surface area contributed by atoms with Gasteiger partial charge in [-0.15, -0.1) is 0 Å². The molecule has 1 aromatic rings. The first-order chi connectivity index (χ1) is 6.24. The van der Waals surface area contributed by atoms with Gasteiger partial charge in [0.05, 0.1) is 12.2 Å². The first-order valence-corrected chi connectivity index (χ1v) is 4.64. The molecule has 0 saturated carbocycles. The van der Waals surface area contributed by atoms with Crippen LogP contribution in [0.4, 0.5) is 0 Å². The van der Waals surface area contributed by atoms with Crippen molar-refractivity contribution in [2.24, 2.45) is 5.73 Å². The van der Waals surface area contributed by atoms with E-state index in [2.05, 4.69) is 0 Å². The van der Waals surface area contributed by atoms with Crippen LogP contribution in [0, 0.1) is 0 Å². The summed E-state index contributed by atoms with van der Waals surface area (Å²) in [5.41, 5.74) is 6.78. The van der Waals surface area contributed by atoms with Crippen molar-refractivity contribution in [1.29, 1.82) is 0 Å². The third-order valence-corrected chi connectivity index (χ3v) is 1.82. The Morgan fingerprint density at radius 2 is 1.85 bits per heavy atom. The molecule has 0 aliphatic rings. The predicted molar refractivity (Wildman–Crippen MR) is 54.5 cm³/mol.